The second kappa shape index (κ2) is 8.25. The van der Waals surface area contributed by atoms with Crippen LogP contribution in [0, 0.1) is 5.82 Å². The molecule has 20 heavy (non-hydrogen) atoms. The van der Waals surface area contributed by atoms with Crippen LogP contribution in [0.25, 0.3) is 0 Å². The zero-order valence-electron chi connectivity index (χ0n) is 13.4. The molecule has 0 aliphatic heterocycles. The minimum Gasteiger partial charge on any atom is -0.372 e. The number of rotatable bonds is 8. The molecule has 0 unspecified atom stereocenters. The van der Waals surface area contributed by atoms with Crippen molar-refractivity contribution in [3.05, 3.63) is 30.1 Å². The lowest BCUT2D eigenvalue weighted by molar-refractivity contribution is 0.417. The molecule has 0 atom stereocenters. The molecular weight excluding hydrogens is 251 g/mol. The molecule has 0 saturated heterocycles. The highest BCUT2D eigenvalue weighted by atomic mass is 19.1. The maximum Gasteiger partial charge on any atom is 0.125 e. The minimum absolute atomic E-state index is 0.157. The van der Waals surface area contributed by atoms with Crippen molar-refractivity contribution in [2.24, 2.45) is 0 Å². The van der Waals surface area contributed by atoms with Gasteiger partial charge >= 0.3 is 0 Å². The van der Waals surface area contributed by atoms with Crippen molar-refractivity contribution >= 4 is 5.69 Å². The van der Waals surface area contributed by atoms with E-state index in [2.05, 4.69) is 37.9 Å². The Hall–Kier alpha value is -1.09. The molecule has 0 heterocycles. The second-order valence-electron chi connectivity index (χ2n) is 6.30. The van der Waals surface area contributed by atoms with E-state index in [1.54, 1.807) is 12.1 Å². The van der Waals surface area contributed by atoms with Crippen LogP contribution in [0.15, 0.2) is 24.3 Å². The first kappa shape index (κ1) is 17.0. The fourth-order valence-electron chi connectivity index (χ4n) is 2.21. The molecule has 1 N–H and O–H groups in total. The number of unbranched alkanes of at least 4 members (excludes halogenated alkanes) is 2. The Balaban J connectivity index is 2.25. The van der Waals surface area contributed by atoms with Crippen molar-refractivity contribution in [2.45, 2.75) is 52.5 Å². The largest absolute Gasteiger partial charge is 0.372 e. The van der Waals surface area contributed by atoms with Gasteiger partial charge in [0.25, 0.3) is 0 Å². The summed E-state index contributed by atoms with van der Waals surface area (Å²) in [5, 5.41) is 3.50. The molecule has 0 bridgehead atoms. The van der Waals surface area contributed by atoms with Crippen LogP contribution in [0.5, 0.6) is 0 Å². The van der Waals surface area contributed by atoms with E-state index in [0.29, 0.717) is 0 Å². The third kappa shape index (κ3) is 6.90. The summed E-state index contributed by atoms with van der Waals surface area (Å²) >= 11 is 0. The molecular formula is C17H29FN2. The Morgan fingerprint density at radius 2 is 1.90 bits per heavy atom. The molecule has 1 aromatic carbocycles. The zero-order valence-corrected chi connectivity index (χ0v) is 13.4. The summed E-state index contributed by atoms with van der Waals surface area (Å²) in [6, 6.07) is 6.87. The van der Waals surface area contributed by atoms with E-state index in [0.717, 1.165) is 31.7 Å². The predicted octanol–water partition coefficient (Wildman–Crippen LogP) is 4.21. The van der Waals surface area contributed by atoms with E-state index >= 15 is 0 Å². The van der Waals surface area contributed by atoms with Gasteiger partial charge in [-0.2, -0.15) is 0 Å². The summed E-state index contributed by atoms with van der Waals surface area (Å²) in [5.41, 5.74) is 1.19. The van der Waals surface area contributed by atoms with Crippen LogP contribution >= 0.6 is 0 Å². The minimum atomic E-state index is -0.157. The Kier molecular flexibility index (Phi) is 7.00. The summed E-state index contributed by atoms with van der Waals surface area (Å²) in [6.07, 6.45) is 3.54. The maximum atomic E-state index is 13.2. The van der Waals surface area contributed by atoms with E-state index in [-0.39, 0.29) is 11.4 Å². The third-order valence-electron chi connectivity index (χ3n) is 3.32. The van der Waals surface area contributed by atoms with E-state index in [9.17, 15) is 4.39 Å². The van der Waals surface area contributed by atoms with Gasteiger partial charge in [-0.15, -0.1) is 0 Å². The first-order valence-corrected chi connectivity index (χ1v) is 7.68. The van der Waals surface area contributed by atoms with Crippen LogP contribution in [0.1, 0.15) is 47.0 Å². The fraction of sp³-hybridized carbons (Fsp3) is 0.647. The van der Waals surface area contributed by atoms with Gasteiger partial charge in [0.1, 0.15) is 5.82 Å². The van der Waals surface area contributed by atoms with Crippen molar-refractivity contribution in [3.8, 4) is 0 Å². The van der Waals surface area contributed by atoms with Gasteiger partial charge in [-0.05, 0) is 65.3 Å². The quantitative estimate of drug-likeness (QED) is 0.718. The Morgan fingerprint density at radius 3 is 2.50 bits per heavy atom. The summed E-state index contributed by atoms with van der Waals surface area (Å²) < 4.78 is 13.2. The molecule has 0 fully saturated rings. The Morgan fingerprint density at radius 1 is 1.15 bits per heavy atom. The molecule has 0 aliphatic rings. The molecule has 0 aromatic heterocycles. The average molecular weight is 280 g/mol. The van der Waals surface area contributed by atoms with Gasteiger partial charge in [0, 0.05) is 24.3 Å². The normalized spacial score (nSPS) is 11.7. The van der Waals surface area contributed by atoms with Crippen LogP contribution < -0.4 is 10.2 Å². The lowest BCUT2D eigenvalue weighted by Gasteiger charge is -2.23. The Labute approximate surface area is 123 Å². The zero-order chi connectivity index (χ0) is 15.0. The molecule has 0 spiro atoms. The molecule has 0 radical (unpaired) electrons. The van der Waals surface area contributed by atoms with Gasteiger partial charge < -0.3 is 10.2 Å². The molecule has 0 amide bonds. The summed E-state index contributed by atoms with van der Waals surface area (Å²) in [4.78, 5) is 2.24. The second-order valence-corrected chi connectivity index (χ2v) is 6.30. The number of hydrogen-bond donors (Lipinski definition) is 1. The summed E-state index contributed by atoms with van der Waals surface area (Å²) in [5.74, 6) is -0.157. The van der Waals surface area contributed by atoms with Crippen molar-refractivity contribution in [1.29, 1.82) is 0 Å². The molecule has 0 saturated carbocycles. The summed E-state index contributed by atoms with van der Waals surface area (Å²) in [6.45, 7) is 11.7. The van der Waals surface area contributed by atoms with Gasteiger partial charge in [0.15, 0.2) is 0 Å². The smallest absolute Gasteiger partial charge is 0.125 e. The topological polar surface area (TPSA) is 15.3 Å². The molecule has 1 rings (SSSR count). The van der Waals surface area contributed by atoms with Gasteiger partial charge in [-0.1, -0.05) is 12.5 Å². The Bertz CT molecular complexity index is 385. The van der Waals surface area contributed by atoms with Gasteiger partial charge in [0.2, 0.25) is 0 Å². The van der Waals surface area contributed by atoms with Crippen molar-refractivity contribution in [1.82, 2.24) is 5.32 Å². The van der Waals surface area contributed by atoms with E-state index in [4.69, 9.17) is 0 Å². The van der Waals surface area contributed by atoms with Crippen molar-refractivity contribution < 1.29 is 4.39 Å². The van der Waals surface area contributed by atoms with E-state index in [1.807, 2.05) is 6.07 Å². The molecule has 3 heteroatoms. The highest BCUT2D eigenvalue weighted by Gasteiger charge is 2.08. The van der Waals surface area contributed by atoms with Crippen LogP contribution in [0.4, 0.5) is 10.1 Å². The maximum absolute atomic E-state index is 13.2. The average Bonchev–Trinajstić information content (AvgIpc) is 2.36. The molecule has 0 aliphatic carbocycles. The van der Waals surface area contributed by atoms with Gasteiger partial charge in [0.05, 0.1) is 0 Å². The number of nitrogens with one attached hydrogen (secondary N) is 1. The number of nitrogens with zero attached hydrogens (tertiary/aromatic N) is 1. The molecule has 2 nitrogen and oxygen atoms in total. The van der Waals surface area contributed by atoms with Crippen molar-refractivity contribution in [2.75, 3.05) is 24.5 Å². The van der Waals surface area contributed by atoms with Crippen LogP contribution in [0.3, 0.4) is 0 Å². The van der Waals surface area contributed by atoms with Crippen LogP contribution in [0.2, 0.25) is 0 Å². The third-order valence-corrected chi connectivity index (χ3v) is 3.32. The van der Waals surface area contributed by atoms with Gasteiger partial charge in [-0.25, -0.2) is 4.39 Å². The highest BCUT2D eigenvalue weighted by molar-refractivity contribution is 5.46. The van der Waals surface area contributed by atoms with Crippen LogP contribution in [-0.2, 0) is 0 Å². The van der Waals surface area contributed by atoms with E-state index in [1.165, 1.54) is 18.9 Å². The number of hydrogen-bond acceptors (Lipinski definition) is 2. The van der Waals surface area contributed by atoms with Crippen molar-refractivity contribution in [3.63, 3.8) is 0 Å². The first-order chi connectivity index (χ1) is 9.42. The number of benzene rings is 1. The summed E-state index contributed by atoms with van der Waals surface area (Å²) in [7, 11) is 0. The van der Waals surface area contributed by atoms with Crippen LogP contribution in [-0.4, -0.2) is 25.2 Å². The van der Waals surface area contributed by atoms with Gasteiger partial charge in [-0.3, -0.25) is 0 Å². The lowest BCUT2D eigenvalue weighted by atomic mass is 10.1. The predicted molar refractivity (Wildman–Crippen MR) is 85.9 cm³/mol. The molecule has 114 valence electrons. The monoisotopic (exact) mass is 280 g/mol. The number of anilines is 1. The standard InChI is InChI=1S/C17H29FN2/c1-5-20(16-11-9-10-15(18)14-16)13-8-6-7-12-19-17(2,3)4/h9-11,14,19H,5-8,12-13H2,1-4H3. The highest BCUT2D eigenvalue weighted by Crippen LogP contribution is 2.16. The number of halogens is 1. The lowest BCUT2D eigenvalue weighted by Crippen LogP contribution is -2.36. The SMILES string of the molecule is CCN(CCCCCNC(C)(C)C)c1cccc(F)c1. The van der Waals surface area contributed by atoms with E-state index < -0.39 is 0 Å². The fourth-order valence-corrected chi connectivity index (χ4v) is 2.21. The molecule has 1 aromatic rings. The first-order valence-electron chi connectivity index (χ1n) is 7.68.